The molecule has 2 rings (SSSR count). The molecule has 1 aromatic carbocycles. The second-order valence-electron chi connectivity index (χ2n) is 7.55. The molecule has 1 fully saturated rings. The SMILES string of the molecule is CCCC(C)OC(=O)c1ccccc1C1CCC(CCC=C(F)C#N)CC1. The van der Waals surface area contributed by atoms with Gasteiger partial charge in [0.2, 0.25) is 0 Å². The molecule has 0 radical (unpaired) electrons. The number of hydrogen-bond donors (Lipinski definition) is 0. The van der Waals surface area contributed by atoms with Crippen molar-refractivity contribution in [3.63, 3.8) is 0 Å². The normalized spacial score (nSPS) is 21.3. The van der Waals surface area contributed by atoms with Gasteiger partial charge in [-0.05, 0) is 81.4 Å². The van der Waals surface area contributed by atoms with E-state index in [1.54, 1.807) is 0 Å². The zero-order valence-corrected chi connectivity index (χ0v) is 16.4. The number of nitriles is 1. The van der Waals surface area contributed by atoms with Crippen LogP contribution in [0.25, 0.3) is 0 Å². The fourth-order valence-corrected chi connectivity index (χ4v) is 4.00. The number of allylic oxidation sites excluding steroid dienone is 2. The third-order valence-electron chi connectivity index (χ3n) is 5.48. The van der Waals surface area contributed by atoms with Crippen LogP contribution in [0.5, 0.6) is 0 Å². The first-order chi connectivity index (χ1) is 13.0. The maximum absolute atomic E-state index is 12.9. The van der Waals surface area contributed by atoms with Crippen LogP contribution in [-0.4, -0.2) is 12.1 Å². The number of esters is 1. The Hall–Kier alpha value is -2.15. The van der Waals surface area contributed by atoms with Crippen LogP contribution < -0.4 is 0 Å². The molecule has 0 spiro atoms. The number of nitrogens with zero attached hydrogens (tertiary/aromatic N) is 1. The molecular weight excluding hydrogens is 341 g/mol. The molecule has 1 unspecified atom stereocenters. The largest absolute Gasteiger partial charge is 0.459 e. The monoisotopic (exact) mass is 371 g/mol. The molecule has 146 valence electrons. The summed E-state index contributed by atoms with van der Waals surface area (Å²) in [4.78, 5) is 12.6. The molecule has 0 aromatic heterocycles. The van der Waals surface area contributed by atoms with Crippen LogP contribution in [0.4, 0.5) is 4.39 Å². The lowest BCUT2D eigenvalue weighted by molar-refractivity contribution is 0.0321. The summed E-state index contributed by atoms with van der Waals surface area (Å²) in [5.41, 5.74) is 1.79. The van der Waals surface area contributed by atoms with Crippen LogP contribution in [0.2, 0.25) is 0 Å². The van der Waals surface area contributed by atoms with Crippen LogP contribution in [0, 0.1) is 17.2 Å². The Morgan fingerprint density at radius 1 is 1.33 bits per heavy atom. The minimum absolute atomic E-state index is 0.0619. The first-order valence-electron chi connectivity index (χ1n) is 10.1. The lowest BCUT2D eigenvalue weighted by atomic mass is 9.76. The molecule has 1 aliphatic rings. The quantitative estimate of drug-likeness (QED) is 0.389. The van der Waals surface area contributed by atoms with Crippen LogP contribution in [0.3, 0.4) is 0 Å². The van der Waals surface area contributed by atoms with Crippen LogP contribution in [-0.2, 0) is 4.74 Å². The van der Waals surface area contributed by atoms with Crippen LogP contribution >= 0.6 is 0 Å². The summed E-state index contributed by atoms with van der Waals surface area (Å²) in [7, 11) is 0. The van der Waals surface area contributed by atoms with E-state index in [1.165, 1.54) is 12.1 Å². The maximum atomic E-state index is 12.9. The zero-order valence-electron chi connectivity index (χ0n) is 16.4. The lowest BCUT2D eigenvalue weighted by Crippen LogP contribution is -2.19. The summed E-state index contributed by atoms with van der Waals surface area (Å²) in [5, 5.41) is 8.46. The molecule has 0 saturated heterocycles. The molecular formula is C23H30FNO2. The van der Waals surface area contributed by atoms with Crippen molar-refractivity contribution in [1.82, 2.24) is 0 Å². The molecule has 3 nitrogen and oxygen atoms in total. The Morgan fingerprint density at radius 2 is 2.04 bits per heavy atom. The fraction of sp³-hybridized carbons (Fsp3) is 0.565. The van der Waals surface area contributed by atoms with Crippen molar-refractivity contribution >= 4 is 5.97 Å². The van der Waals surface area contributed by atoms with E-state index in [9.17, 15) is 9.18 Å². The zero-order chi connectivity index (χ0) is 19.6. The molecule has 4 heteroatoms. The van der Waals surface area contributed by atoms with Gasteiger partial charge in [0.05, 0.1) is 11.7 Å². The maximum Gasteiger partial charge on any atom is 0.338 e. The minimum Gasteiger partial charge on any atom is -0.459 e. The summed E-state index contributed by atoms with van der Waals surface area (Å²) in [6.07, 6.45) is 8.93. The van der Waals surface area contributed by atoms with Crippen molar-refractivity contribution in [2.75, 3.05) is 0 Å². The summed E-state index contributed by atoms with van der Waals surface area (Å²) in [6, 6.07) is 9.33. The third kappa shape index (κ3) is 6.50. The van der Waals surface area contributed by atoms with E-state index in [-0.39, 0.29) is 12.1 Å². The molecule has 1 atom stereocenters. The molecule has 0 N–H and O–H groups in total. The van der Waals surface area contributed by atoms with Gasteiger partial charge in [-0.3, -0.25) is 0 Å². The Morgan fingerprint density at radius 3 is 2.70 bits per heavy atom. The Balaban J connectivity index is 1.94. The first kappa shape index (κ1) is 21.2. The molecule has 0 amide bonds. The van der Waals surface area contributed by atoms with Gasteiger partial charge >= 0.3 is 5.97 Å². The Labute approximate surface area is 162 Å². The average molecular weight is 371 g/mol. The highest BCUT2D eigenvalue weighted by Crippen LogP contribution is 2.39. The Kier molecular flexibility index (Phi) is 8.51. The van der Waals surface area contributed by atoms with Crippen molar-refractivity contribution in [3.8, 4) is 6.07 Å². The summed E-state index contributed by atoms with van der Waals surface area (Å²) < 4.78 is 18.5. The van der Waals surface area contributed by atoms with Gasteiger partial charge in [0, 0.05) is 0 Å². The highest BCUT2D eigenvalue weighted by molar-refractivity contribution is 5.91. The number of carbonyl (C=O) groups is 1. The number of carbonyl (C=O) groups excluding carboxylic acids is 1. The van der Waals surface area contributed by atoms with E-state index in [2.05, 4.69) is 13.0 Å². The first-order valence-corrected chi connectivity index (χ1v) is 10.1. The van der Waals surface area contributed by atoms with Gasteiger partial charge in [-0.25, -0.2) is 4.79 Å². The third-order valence-corrected chi connectivity index (χ3v) is 5.48. The minimum atomic E-state index is -0.687. The standard InChI is InChI=1S/C23H30FNO2/c1-3-7-17(2)27-23(26)22-11-5-4-10-21(22)19-14-12-18(13-15-19)8-6-9-20(24)16-25/h4-5,9-11,17-19H,3,6-8,12-15H2,1-2H3. The van der Waals surface area contributed by atoms with E-state index < -0.39 is 5.83 Å². The van der Waals surface area contributed by atoms with Gasteiger partial charge < -0.3 is 4.74 Å². The predicted molar refractivity (Wildman–Crippen MR) is 105 cm³/mol. The topological polar surface area (TPSA) is 50.1 Å². The summed E-state index contributed by atoms with van der Waals surface area (Å²) in [5.74, 6) is 0.0322. The van der Waals surface area contributed by atoms with Crippen LogP contribution in [0.1, 0.15) is 87.1 Å². The second-order valence-corrected chi connectivity index (χ2v) is 7.55. The number of benzene rings is 1. The molecule has 0 bridgehead atoms. The fourth-order valence-electron chi connectivity index (χ4n) is 4.00. The summed E-state index contributed by atoms with van der Waals surface area (Å²) >= 11 is 0. The molecule has 1 aliphatic carbocycles. The highest BCUT2D eigenvalue weighted by atomic mass is 19.1. The Bertz CT molecular complexity index is 684. The smallest absolute Gasteiger partial charge is 0.338 e. The van der Waals surface area contributed by atoms with Crippen LogP contribution in [0.15, 0.2) is 36.2 Å². The lowest BCUT2D eigenvalue weighted by Gasteiger charge is -2.29. The van der Waals surface area contributed by atoms with E-state index in [1.807, 2.05) is 25.1 Å². The van der Waals surface area contributed by atoms with Gasteiger partial charge in [0.1, 0.15) is 6.07 Å². The van der Waals surface area contributed by atoms with Gasteiger partial charge in [-0.2, -0.15) is 9.65 Å². The molecule has 0 heterocycles. The highest BCUT2D eigenvalue weighted by Gasteiger charge is 2.26. The van der Waals surface area contributed by atoms with Crippen molar-refractivity contribution in [2.24, 2.45) is 5.92 Å². The van der Waals surface area contributed by atoms with Crippen molar-refractivity contribution in [2.45, 2.75) is 77.2 Å². The van der Waals surface area contributed by atoms with E-state index in [0.29, 0.717) is 23.8 Å². The average Bonchev–Trinajstić information content (AvgIpc) is 2.68. The number of ether oxygens (including phenoxy) is 1. The van der Waals surface area contributed by atoms with Gasteiger partial charge in [-0.15, -0.1) is 0 Å². The molecule has 1 aromatic rings. The molecule has 0 aliphatic heterocycles. The number of halogens is 1. The molecule has 27 heavy (non-hydrogen) atoms. The summed E-state index contributed by atoms with van der Waals surface area (Å²) in [6.45, 7) is 4.03. The van der Waals surface area contributed by atoms with E-state index >= 15 is 0 Å². The second kappa shape index (κ2) is 10.9. The van der Waals surface area contributed by atoms with Crippen molar-refractivity contribution < 1.29 is 13.9 Å². The van der Waals surface area contributed by atoms with Gasteiger partial charge in [-0.1, -0.05) is 31.5 Å². The van der Waals surface area contributed by atoms with Crippen molar-refractivity contribution in [1.29, 1.82) is 5.26 Å². The number of hydrogen-bond acceptors (Lipinski definition) is 3. The van der Waals surface area contributed by atoms with Gasteiger partial charge in [0.25, 0.3) is 0 Å². The van der Waals surface area contributed by atoms with E-state index in [4.69, 9.17) is 10.00 Å². The van der Waals surface area contributed by atoms with Gasteiger partial charge in [0.15, 0.2) is 5.83 Å². The van der Waals surface area contributed by atoms with E-state index in [0.717, 1.165) is 50.5 Å². The molecule has 1 saturated carbocycles. The number of rotatable bonds is 8. The van der Waals surface area contributed by atoms with Crippen molar-refractivity contribution in [3.05, 3.63) is 47.3 Å². The predicted octanol–water partition coefficient (Wildman–Crippen LogP) is 6.46.